The van der Waals surface area contributed by atoms with Crippen molar-refractivity contribution < 1.29 is 33.6 Å². The highest BCUT2D eigenvalue weighted by molar-refractivity contribution is 5.83. The molecule has 0 aromatic heterocycles. The lowest BCUT2D eigenvalue weighted by Crippen LogP contribution is -2.86. The molecule has 1 N–H and O–H groups in total. The summed E-state index contributed by atoms with van der Waals surface area (Å²) in [5, 5.41) is 14.6. The topological polar surface area (TPSA) is 97.8 Å². The molecule has 0 radical (unpaired) electrons. The van der Waals surface area contributed by atoms with Gasteiger partial charge in [0.15, 0.2) is 6.23 Å². The maximum atomic E-state index is 16.4. The van der Waals surface area contributed by atoms with Gasteiger partial charge < -0.3 is 33.7 Å². The molecule has 67 heavy (non-hydrogen) atoms. The zero-order valence-electron chi connectivity index (χ0n) is 37.9. The Morgan fingerprint density at radius 2 is 0.940 bits per heavy atom. The minimum atomic E-state index is -2.43. The van der Waals surface area contributed by atoms with Crippen LogP contribution in [-0.2, 0) is 60.5 Å². The summed E-state index contributed by atoms with van der Waals surface area (Å²) in [5.74, 6) is -2.86. The third kappa shape index (κ3) is 10.1. The maximum absolute atomic E-state index is 16.4. The van der Waals surface area contributed by atoms with Crippen molar-refractivity contribution in [1.29, 1.82) is 0 Å². The van der Waals surface area contributed by atoms with Gasteiger partial charge in [-0.3, -0.25) is 4.79 Å². The van der Waals surface area contributed by atoms with Crippen molar-refractivity contribution in [2.45, 2.75) is 82.1 Å². The van der Waals surface area contributed by atoms with Gasteiger partial charge in [0.25, 0.3) is 11.8 Å². The zero-order chi connectivity index (χ0) is 46.4. The standard InChI is InChI=1S/C58H58N2O7/c1-46(25-23-24-40-61)59-54(62)55(65-42-48-28-11-3-12-29-48)60(57(51-34-17-6-18-35-51,52-36-19-7-20-37-52)53-38-21-8-22-39-53)58(66-43-49-30-13-4-14-31-49,67-44-50-32-15-5-16-33-50)56(59,63)45-64-41-47-26-9-2-10-27-47/h2-22,26-40,46,55,63H,23-25,41-45H2,1H3. The summed E-state index contributed by atoms with van der Waals surface area (Å²) in [6, 6.07) is 68.0. The number of aldehydes is 1. The zero-order valence-corrected chi connectivity index (χ0v) is 37.9. The summed E-state index contributed by atoms with van der Waals surface area (Å²) in [5.41, 5.74) is 1.64. The highest BCUT2D eigenvalue weighted by atomic mass is 16.7. The van der Waals surface area contributed by atoms with Crippen LogP contribution in [-0.4, -0.2) is 57.6 Å². The Kier molecular flexibility index (Phi) is 15.6. The third-order valence-electron chi connectivity index (χ3n) is 12.4. The second kappa shape index (κ2) is 22.3. The Morgan fingerprint density at radius 3 is 1.34 bits per heavy atom. The molecule has 342 valence electrons. The van der Waals surface area contributed by atoms with Crippen molar-refractivity contribution in [3.8, 4) is 0 Å². The van der Waals surface area contributed by atoms with E-state index in [1.54, 1.807) is 0 Å². The van der Waals surface area contributed by atoms with E-state index in [1.165, 1.54) is 4.90 Å². The molecule has 8 rings (SSSR count). The lowest BCUT2D eigenvalue weighted by atomic mass is 9.73. The van der Waals surface area contributed by atoms with E-state index in [4.69, 9.17) is 18.9 Å². The Balaban J connectivity index is 1.49. The smallest absolute Gasteiger partial charge is 0.287 e. The molecule has 0 saturated carbocycles. The molecule has 1 aliphatic heterocycles. The van der Waals surface area contributed by atoms with Crippen LogP contribution < -0.4 is 0 Å². The first-order chi connectivity index (χ1) is 32.9. The third-order valence-corrected chi connectivity index (χ3v) is 12.4. The molecule has 1 amide bonds. The fourth-order valence-corrected chi connectivity index (χ4v) is 9.33. The predicted molar refractivity (Wildman–Crippen MR) is 259 cm³/mol. The molecule has 1 heterocycles. The Morgan fingerprint density at radius 1 is 0.567 bits per heavy atom. The molecule has 3 unspecified atom stereocenters. The number of rotatable bonds is 22. The number of hydrogen-bond donors (Lipinski definition) is 1. The molecule has 1 fully saturated rings. The quantitative estimate of drug-likeness (QED) is 0.0311. The van der Waals surface area contributed by atoms with Crippen molar-refractivity contribution >= 4 is 12.2 Å². The van der Waals surface area contributed by atoms with Gasteiger partial charge in [0.1, 0.15) is 18.4 Å². The van der Waals surface area contributed by atoms with Crippen LogP contribution in [0.4, 0.5) is 0 Å². The lowest BCUT2D eigenvalue weighted by Gasteiger charge is -2.65. The van der Waals surface area contributed by atoms with Crippen LogP contribution in [0.3, 0.4) is 0 Å². The number of hydrogen-bond acceptors (Lipinski definition) is 8. The number of unbranched alkanes of at least 4 members (excludes halogenated alkanes) is 1. The van der Waals surface area contributed by atoms with Crippen LogP contribution in [0.5, 0.6) is 0 Å². The Labute approximate surface area is 394 Å². The van der Waals surface area contributed by atoms with Crippen molar-refractivity contribution in [3.63, 3.8) is 0 Å². The predicted octanol–water partition coefficient (Wildman–Crippen LogP) is 10.4. The molecule has 0 aliphatic carbocycles. The maximum Gasteiger partial charge on any atom is 0.287 e. The second-order valence-electron chi connectivity index (χ2n) is 16.9. The largest absolute Gasteiger partial charge is 0.371 e. The molecule has 0 spiro atoms. The number of carbonyl (C=O) groups is 2. The van der Waals surface area contributed by atoms with Gasteiger partial charge in [-0.15, -0.1) is 0 Å². The molecule has 7 aromatic rings. The second-order valence-corrected chi connectivity index (χ2v) is 16.9. The summed E-state index contributed by atoms with van der Waals surface area (Å²) in [4.78, 5) is 31.5. The summed E-state index contributed by atoms with van der Waals surface area (Å²) in [6.07, 6.45) is 0.479. The molecule has 9 heteroatoms. The monoisotopic (exact) mass is 894 g/mol. The summed E-state index contributed by atoms with van der Waals surface area (Å²) >= 11 is 0. The van der Waals surface area contributed by atoms with E-state index in [2.05, 4.69) is 0 Å². The molecule has 7 aromatic carbocycles. The number of amides is 1. The van der Waals surface area contributed by atoms with E-state index in [0.717, 1.165) is 45.2 Å². The average molecular weight is 895 g/mol. The Hall–Kier alpha value is -6.56. The first-order valence-corrected chi connectivity index (χ1v) is 23.0. The normalized spacial score (nSPS) is 17.8. The number of benzene rings is 7. The first-order valence-electron chi connectivity index (χ1n) is 23.0. The summed E-state index contributed by atoms with van der Waals surface area (Å²) < 4.78 is 29.0. The highest BCUT2D eigenvalue weighted by Gasteiger charge is 2.74. The van der Waals surface area contributed by atoms with E-state index < -0.39 is 42.0 Å². The first kappa shape index (κ1) is 47.0. The number of ether oxygens (including phenoxy) is 4. The van der Waals surface area contributed by atoms with Crippen LogP contribution in [0.2, 0.25) is 0 Å². The van der Waals surface area contributed by atoms with Gasteiger partial charge in [-0.05, 0) is 58.7 Å². The minimum absolute atomic E-state index is 0.0198. The average Bonchev–Trinajstić information content (AvgIpc) is 3.38. The van der Waals surface area contributed by atoms with Gasteiger partial charge in [0.2, 0.25) is 5.72 Å². The van der Waals surface area contributed by atoms with Crippen LogP contribution >= 0.6 is 0 Å². The van der Waals surface area contributed by atoms with E-state index >= 15 is 4.79 Å². The molecule has 1 saturated heterocycles. The molecule has 0 bridgehead atoms. The number of carbonyl (C=O) groups excluding carboxylic acids is 2. The molecule has 1 aliphatic rings. The highest BCUT2D eigenvalue weighted by Crippen LogP contribution is 2.55. The van der Waals surface area contributed by atoms with Gasteiger partial charge in [-0.2, -0.15) is 4.90 Å². The minimum Gasteiger partial charge on any atom is -0.371 e. The van der Waals surface area contributed by atoms with Crippen LogP contribution in [0, 0.1) is 0 Å². The number of aliphatic hydroxyl groups is 1. The number of piperazine rings is 1. The molecular weight excluding hydrogens is 837 g/mol. The fourth-order valence-electron chi connectivity index (χ4n) is 9.33. The molecule has 9 nitrogen and oxygen atoms in total. The van der Waals surface area contributed by atoms with Gasteiger partial charge in [-0.25, -0.2) is 0 Å². The van der Waals surface area contributed by atoms with Gasteiger partial charge in [0, 0.05) is 12.5 Å². The van der Waals surface area contributed by atoms with E-state index in [1.807, 2.05) is 224 Å². The van der Waals surface area contributed by atoms with E-state index in [9.17, 15) is 9.90 Å². The van der Waals surface area contributed by atoms with Crippen molar-refractivity contribution in [1.82, 2.24) is 9.80 Å². The van der Waals surface area contributed by atoms with Crippen molar-refractivity contribution in [2.24, 2.45) is 0 Å². The molecule has 3 atom stereocenters. The Bertz CT molecular complexity index is 2430. The van der Waals surface area contributed by atoms with Crippen molar-refractivity contribution in [2.75, 3.05) is 6.61 Å². The van der Waals surface area contributed by atoms with Crippen LogP contribution in [0.1, 0.15) is 65.1 Å². The van der Waals surface area contributed by atoms with Gasteiger partial charge >= 0.3 is 0 Å². The summed E-state index contributed by atoms with van der Waals surface area (Å²) in [7, 11) is 0. The van der Waals surface area contributed by atoms with Crippen LogP contribution in [0.15, 0.2) is 212 Å². The van der Waals surface area contributed by atoms with E-state index in [-0.39, 0.29) is 32.8 Å². The van der Waals surface area contributed by atoms with Gasteiger partial charge in [-0.1, -0.05) is 212 Å². The SMILES string of the molecule is CC(CCCC=O)N1C(=O)C(OCc2ccccc2)N(C(c2ccccc2)(c2ccccc2)c2ccccc2)C(OCc2ccccc2)(OCc2ccccc2)C1(O)COCc1ccccc1. The molecular formula is C58H58N2O7. The lowest BCUT2D eigenvalue weighted by molar-refractivity contribution is -0.468. The van der Waals surface area contributed by atoms with E-state index in [0.29, 0.717) is 12.8 Å². The fraction of sp³-hybridized carbons (Fsp3) is 0.241. The van der Waals surface area contributed by atoms with Gasteiger partial charge in [0.05, 0.1) is 26.4 Å². The number of nitrogens with zero attached hydrogens (tertiary/aromatic N) is 2. The van der Waals surface area contributed by atoms with Crippen molar-refractivity contribution in [3.05, 3.63) is 251 Å². The van der Waals surface area contributed by atoms with Crippen LogP contribution in [0.25, 0.3) is 0 Å². The summed E-state index contributed by atoms with van der Waals surface area (Å²) in [6.45, 7) is 1.43.